The van der Waals surface area contributed by atoms with Gasteiger partial charge < -0.3 is 9.64 Å². The zero-order chi connectivity index (χ0) is 18.6. The van der Waals surface area contributed by atoms with Crippen molar-refractivity contribution in [1.29, 1.82) is 0 Å². The number of ether oxygens (including phenoxy) is 1. The van der Waals surface area contributed by atoms with E-state index in [2.05, 4.69) is 0 Å². The van der Waals surface area contributed by atoms with Gasteiger partial charge in [-0.3, -0.25) is 9.69 Å². The molecule has 1 amide bonds. The van der Waals surface area contributed by atoms with E-state index in [1.165, 1.54) is 4.31 Å². The molecule has 0 bridgehead atoms. The van der Waals surface area contributed by atoms with E-state index in [1.54, 1.807) is 43.3 Å². The fraction of sp³-hybridized carbons (Fsp3) is 0.588. The van der Waals surface area contributed by atoms with E-state index in [-0.39, 0.29) is 16.8 Å². The summed E-state index contributed by atoms with van der Waals surface area (Å²) in [5.74, 6) is 0.679. The van der Waals surface area contributed by atoms with E-state index in [0.717, 1.165) is 0 Å². The number of rotatable bonds is 6. The van der Waals surface area contributed by atoms with E-state index >= 15 is 0 Å². The molecule has 0 spiro atoms. The zero-order valence-electron chi connectivity index (χ0n) is 15.3. The lowest BCUT2D eigenvalue weighted by Crippen LogP contribution is -2.51. The highest BCUT2D eigenvalue weighted by atomic mass is 32.2. The first-order valence-electron chi connectivity index (χ1n) is 8.38. The van der Waals surface area contributed by atoms with Crippen molar-refractivity contribution in [2.24, 2.45) is 0 Å². The average molecular weight is 369 g/mol. The van der Waals surface area contributed by atoms with Crippen LogP contribution in [0.2, 0.25) is 0 Å². The van der Waals surface area contributed by atoms with E-state index in [9.17, 15) is 13.2 Å². The molecule has 1 aromatic rings. The average Bonchev–Trinajstić information content (AvgIpc) is 2.61. The molecular weight excluding hydrogens is 342 g/mol. The van der Waals surface area contributed by atoms with E-state index in [4.69, 9.17) is 4.74 Å². The number of methoxy groups -OCH3 is 1. The summed E-state index contributed by atoms with van der Waals surface area (Å²) in [5, 5.41) is 0. The lowest BCUT2D eigenvalue weighted by atomic mass is 10.3. The molecule has 25 heavy (non-hydrogen) atoms. The Morgan fingerprint density at radius 3 is 2.20 bits per heavy atom. The Kier molecular flexibility index (Phi) is 6.42. The van der Waals surface area contributed by atoms with E-state index < -0.39 is 10.0 Å². The predicted molar refractivity (Wildman–Crippen MR) is 96.1 cm³/mol. The highest BCUT2D eigenvalue weighted by Crippen LogP contribution is 2.20. The van der Waals surface area contributed by atoms with E-state index in [0.29, 0.717) is 38.5 Å². The summed E-state index contributed by atoms with van der Waals surface area (Å²) >= 11 is 0. The summed E-state index contributed by atoms with van der Waals surface area (Å²) in [7, 11) is -0.181. The molecule has 1 aliphatic heterocycles. The number of likely N-dealkylation sites (N-methyl/N-ethyl adjacent to an activating group) is 1. The molecule has 0 radical (unpaired) electrons. The van der Waals surface area contributed by atoms with Crippen molar-refractivity contribution in [1.82, 2.24) is 14.1 Å². The number of nitrogens with zero attached hydrogens (tertiary/aromatic N) is 3. The molecule has 0 atom stereocenters. The Morgan fingerprint density at radius 1 is 1.16 bits per heavy atom. The van der Waals surface area contributed by atoms with Crippen LogP contribution in [0.15, 0.2) is 29.2 Å². The zero-order valence-corrected chi connectivity index (χ0v) is 16.1. The molecule has 140 valence electrons. The van der Waals surface area contributed by atoms with Crippen LogP contribution in [0.3, 0.4) is 0 Å². The molecule has 0 aliphatic carbocycles. The largest absolute Gasteiger partial charge is 0.497 e. The van der Waals surface area contributed by atoms with Gasteiger partial charge in [0.05, 0.1) is 18.6 Å². The highest BCUT2D eigenvalue weighted by Gasteiger charge is 2.29. The summed E-state index contributed by atoms with van der Waals surface area (Å²) in [5.41, 5.74) is 0. The van der Waals surface area contributed by atoms with E-state index in [1.807, 2.05) is 18.7 Å². The summed E-state index contributed by atoms with van der Waals surface area (Å²) < 4.78 is 31.9. The molecule has 1 aromatic carbocycles. The Hall–Kier alpha value is -1.64. The lowest BCUT2D eigenvalue weighted by molar-refractivity contribution is -0.132. The van der Waals surface area contributed by atoms with Crippen LogP contribution in [0.4, 0.5) is 0 Å². The molecule has 1 aliphatic rings. The molecule has 0 unspecified atom stereocenters. The van der Waals surface area contributed by atoms with Gasteiger partial charge in [-0.25, -0.2) is 8.42 Å². The van der Waals surface area contributed by atoms with Gasteiger partial charge in [0, 0.05) is 39.3 Å². The summed E-state index contributed by atoms with van der Waals surface area (Å²) in [6, 6.07) is 6.56. The monoisotopic (exact) mass is 369 g/mol. The Balaban J connectivity index is 1.95. The van der Waals surface area contributed by atoms with Gasteiger partial charge in [0.1, 0.15) is 5.75 Å². The number of piperazine rings is 1. The fourth-order valence-electron chi connectivity index (χ4n) is 2.62. The van der Waals surface area contributed by atoms with Gasteiger partial charge in [-0.05, 0) is 38.1 Å². The number of sulfonamides is 1. The van der Waals surface area contributed by atoms with Crippen LogP contribution < -0.4 is 4.74 Å². The highest BCUT2D eigenvalue weighted by molar-refractivity contribution is 7.89. The van der Waals surface area contributed by atoms with Crippen molar-refractivity contribution in [2.45, 2.75) is 24.8 Å². The topological polar surface area (TPSA) is 70.2 Å². The standard InChI is InChI=1S/C17H27N3O4S/c1-14(2)18(3)17(21)13-19-9-11-20(12-10-19)25(22,23)16-7-5-15(24-4)6-8-16/h5-8,14H,9-13H2,1-4H3. The van der Waals surface area contributed by atoms with Crippen LogP contribution in [0.25, 0.3) is 0 Å². The second-order valence-electron chi connectivity index (χ2n) is 6.45. The number of benzene rings is 1. The van der Waals surface area contributed by atoms with Crippen LogP contribution in [0.5, 0.6) is 5.75 Å². The number of amides is 1. The van der Waals surface area contributed by atoms with Gasteiger partial charge in [0.2, 0.25) is 15.9 Å². The molecule has 0 saturated carbocycles. The molecule has 2 rings (SSSR count). The third-order valence-electron chi connectivity index (χ3n) is 4.56. The van der Waals surface area contributed by atoms with Gasteiger partial charge in [0.15, 0.2) is 0 Å². The van der Waals surface area contributed by atoms with Crippen LogP contribution in [0, 0.1) is 0 Å². The summed E-state index contributed by atoms with van der Waals surface area (Å²) in [6.45, 7) is 6.12. The van der Waals surface area contributed by atoms with Crippen molar-refractivity contribution in [3.8, 4) is 5.75 Å². The van der Waals surface area contributed by atoms with Crippen molar-refractivity contribution in [3.05, 3.63) is 24.3 Å². The maximum Gasteiger partial charge on any atom is 0.243 e. The molecule has 0 N–H and O–H groups in total. The minimum atomic E-state index is -3.51. The van der Waals surface area contributed by atoms with Gasteiger partial charge >= 0.3 is 0 Å². The predicted octanol–water partition coefficient (Wildman–Crippen LogP) is 0.868. The smallest absolute Gasteiger partial charge is 0.243 e. The van der Waals surface area contributed by atoms with Crippen LogP contribution >= 0.6 is 0 Å². The second-order valence-corrected chi connectivity index (χ2v) is 8.39. The van der Waals surface area contributed by atoms with Crippen LogP contribution in [-0.4, -0.2) is 81.4 Å². The molecule has 7 nitrogen and oxygen atoms in total. The van der Waals surface area contributed by atoms with Crippen LogP contribution in [0.1, 0.15) is 13.8 Å². The maximum absolute atomic E-state index is 12.7. The fourth-order valence-corrected chi connectivity index (χ4v) is 4.04. The number of carbonyl (C=O) groups excluding carboxylic acids is 1. The minimum Gasteiger partial charge on any atom is -0.497 e. The summed E-state index contributed by atoms with van der Waals surface area (Å²) in [4.78, 5) is 16.1. The van der Waals surface area contributed by atoms with Crippen molar-refractivity contribution in [3.63, 3.8) is 0 Å². The molecule has 8 heteroatoms. The number of hydrogen-bond donors (Lipinski definition) is 0. The Labute approximate surface area is 150 Å². The summed E-state index contributed by atoms with van der Waals surface area (Å²) in [6.07, 6.45) is 0. The van der Waals surface area contributed by atoms with Gasteiger partial charge in [0.25, 0.3) is 0 Å². The first-order valence-corrected chi connectivity index (χ1v) is 9.82. The van der Waals surface area contributed by atoms with Gasteiger partial charge in [-0.15, -0.1) is 0 Å². The first kappa shape index (κ1) is 19.7. The van der Waals surface area contributed by atoms with Gasteiger partial charge in [-0.2, -0.15) is 4.31 Å². The number of carbonyl (C=O) groups is 1. The molecule has 1 fully saturated rings. The molecule has 1 heterocycles. The Bertz CT molecular complexity index is 680. The normalized spacial score (nSPS) is 16.8. The number of hydrogen-bond acceptors (Lipinski definition) is 5. The minimum absolute atomic E-state index is 0.0569. The molecule has 0 aromatic heterocycles. The molecular formula is C17H27N3O4S. The van der Waals surface area contributed by atoms with Gasteiger partial charge in [-0.1, -0.05) is 0 Å². The third-order valence-corrected chi connectivity index (χ3v) is 6.47. The van der Waals surface area contributed by atoms with Crippen LogP contribution in [-0.2, 0) is 14.8 Å². The Morgan fingerprint density at radius 2 is 1.72 bits per heavy atom. The quantitative estimate of drug-likeness (QED) is 0.744. The molecule has 1 saturated heterocycles. The maximum atomic E-state index is 12.7. The second kappa shape index (κ2) is 8.16. The van der Waals surface area contributed by atoms with Crippen molar-refractivity contribution < 1.29 is 17.9 Å². The first-order chi connectivity index (χ1) is 11.8. The van der Waals surface area contributed by atoms with Crippen molar-refractivity contribution in [2.75, 3.05) is 46.9 Å². The SMILES string of the molecule is COc1ccc(S(=O)(=O)N2CCN(CC(=O)N(C)C(C)C)CC2)cc1. The van der Waals surface area contributed by atoms with Crippen molar-refractivity contribution >= 4 is 15.9 Å². The third kappa shape index (κ3) is 4.71. The lowest BCUT2D eigenvalue weighted by Gasteiger charge is -2.34.